The SMILES string of the molecule is C[C@H](NC(=O)[C@H](Cc1ccccc1)NC(=O)N1CCn2c1nc1ccccc12)c1ccccc1. The van der Waals surface area contributed by atoms with Gasteiger partial charge >= 0.3 is 6.03 Å². The molecule has 1 aromatic heterocycles. The number of fused-ring (bicyclic) bond motifs is 3. The number of anilines is 1. The van der Waals surface area contributed by atoms with Crippen LogP contribution in [0.5, 0.6) is 0 Å². The van der Waals surface area contributed by atoms with Gasteiger partial charge in [-0.25, -0.2) is 9.78 Å². The summed E-state index contributed by atoms with van der Waals surface area (Å²) >= 11 is 0. The molecule has 34 heavy (non-hydrogen) atoms. The second-order valence-corrected chi connectivity index (χ2v) is 8.54. The molecule has 5 rings (SSSR count). The summed E-state index contributed by atoms with van der Waals surface area (Å²) in [6.45, 7) is 3.13. The van der Waals surface area contributed by atoms with Crippen LogP contribution in [0.4, 0.5) is 10.7 Å². The average molecular weight is 454 g/mol. The van der Waals surface area contributed by atoms with Crippen molar-refractivity contribution >= 4 is 28.9 Å². The Bertz CT molecular complexity index is 1300. The van der Waals surface area contributed by atoms with Gasteiger partial charge in [0.1, 0.15) is 6.04 Å². The smallest absolute Gasteiger partial charge is 0.324 e. The van der Waals surface area contributed by atoms with Crippen LogP contribution in [0.15, 0.2) is 84.9 Å². The minimum absolute atomic E-state index is 0.181. The van der Waals surface area contributed by atoms with Gasteiger partial charge in [-0.2, -0.15) is 0 Å². The molecule has 0 aliphatic carbocycles. The van der Waals surface area contributed by atoms with E-state index in [4.69, 9.17) is 0 Å². The van der Waals surface area contributed by atoms with Crippen molar-refractivity contribution < 1.29 is 9.59 Å². The van der Waals surface area contributed by atoms with Crippen LogP contribution < -0.4 is 15.5 Å². The molecule has 2 atom stereocenters. The van der Waals surface area contributed by atoms with E-state index in [0.29, 0.717) is 25.5 Å². The van der Waals surface area contributed by atoms with Crippen molar-refractivity contribution in [2.75, 3.05) is 11.4 Å². The number of benzene rings is 3. The van der Waals surface area contributed by atoms with Crippen LogP contribution in [0.3, 0.4) is 0 Å². The quantitative estimate of drug-likeness (QED) is 0.462. The zero-order chi connectivity index (χ0) is 23.5. The Morgan fingerprint density at radius 2 is 1.56 bits per heavy atom. The van der Waals surface area contributed by atoms with E-state index in [-0.39, 0.29) is 18.0 Å². The lowest BCUT2D eigenvalue weighted by atomic mass is 10.0. The normalized spacial score (nSPS) is 14.4. The molecule has 2 heterocycles. The molecule has 0 unspecified atom stereocenters. The molecule has 0 radical (unpaired) electrons. The average Bonchev–Trinajstić information content (AvgIpc) is 3.44. The molecule has 0 saturated carbocycles. The summed E-state index contributed by atoms with van der Waals surface area (Å²) in [5.74, 6) is 0.386. The molecule has 0 saturated heterocycles. The van der Waals surface area contributed by atoms with Crippen LogP contribution in [0.2, 0.25) is 0 Å². The molecule has 1 aliphatic heterocycles. The zero-order valence-electron chi connectivity index (χ0n) is 19.0. The lowest BCUT2D eigenvalue weighted by Gasteiger charge is -2.24. The lowest BCUT2D eigenvalue weighted by molar-refractivity contribution is -0.123. The number of nitrogens with one attached hydrogen (secondary N) is 2. The first-order valence-electron chi connectivity index (χ1n) is 11.5. The van der Waals surface area contributed by atoms with Gasteiger partial charge in [0.15, 0.2) is 0 Å². The highest BCUT2D eigenvalue weighted by atomic mass is 16.2. The summed E-state index contributed by atoms with van der Waals surface area (Å²) in [6, 6.07) is 26.1. The maximum Gasteiger partial charge on any atom is 0.324 e. The third-order valence-corrected chi connectivity index (χ3v) is 6.22. The summed E-state index contributed by atoms with van der Waals surface area (Å²) < 4.78 is 2.04. The van der Waals surface area contributed by atoms with Gasteiger partial charge < -0.3 is 15.2 Å². The van der Waals surface area contributed by atoms with Crippen molar-refractivity contribution in [1.29, 1.82) is 0 Å². The van der Waals surface area contributed by atoms with Gasteiger partial charge in [0.25, 0.3) is 0 Å². The van der Waals surface area contributed by atoms with E-state index in [1.807, 2.05) is 96.4 Å². The Morgan fingerprint density at radius 1 is 0.882 bits per heavy atom. The highest BCUT2D eigenvalue weighted by molar-refractivity contribution is 5.96. The van der Waals surface area contributed by atoms with Gasteiger partial charge in [-0.05, 0) is 30.2 Å². The minimum atomic E-state index is -0.723. The molecule has 0 bridgehead atoms. The van der Waals surface area contributed by atoms with Crippen molar-refractivity contribution in [3.05, 3.63) is 96.1 Å². The van der Waals surface area contributed by atoms with E-state index < -0.39 is 6.04 Å². The first kappa shape index (κ1) is 21.7. The molecule has 3 aromatic carbocycles. The first-order valence-corrected chi connectivity index (χ1v) is 11.5. The van der Waals surface area contributed by atoms with Gasteiger partial charge in [-0.1, -0.05) is 72.8 Å². The third-order valence-electron chi connectivity index (χ3n) is 6.22. The van der Waals surface area contributed by atoms with Crippen LogP contribution in [-0.2, 0) is 17.8 Å². The number of hydrogen-bond acceptors (Lipinski definition) is 3. The fourth-order valence-electron chi connectivity index (χ4n) is 4.41. The predicted molar refractivity (Wildman–Crippen MR) is 133 cm³/mol. The number of aromatic nitrogens is 2. The van der Waals surface area contributed by atoms with E-state index in [0.717, 1.165) is 22.2 Å². The van der Waals surface area contributed by atoms with Crippen LogP contribution in [-0.4, -0.2) is 34.1 Å². The molecule has 0 fully saturated rings. The van der Waals surface area contributed by atoms with Gasteiger partial charge in [0, 0.05) is 19.5 Å². The molecular formula is C27H27N5O2. The molecule has 3 amide bonds. The van der Waals surface area contributed by atoms with Crippen molar-refractivity contribution in [2.45, 2.75) is 32.0 Å². The molecule has 172 valence electrons. The first-order chi connectivity index (χ1) is 16.6. The van der Waals surface area contributed by atoms with Crippen LogP contribution in [0.25, 0.3) is 11.0 Å². The van der Waals surface area contributed by atoms with Crippen molar-refractivity contribution in [3.63, 3.8) is 0 Å². The topological polar surface area (TPSA) is 79.3 Å². The van der Waals surface area contributed by atoms with Gasteiger partial charge in [-0.15, -0.1) is 0 Å². The van der Waals surface area contributed by atoms with Crippen LogP contribution in [0, 0.1) is 0 Å². The zero-order valence-corrected chi connectivity index (χ0v) is 19.0. The van der Waals surface area contributed by atoms with Crippen LogP contribution >= 0.6 is 0 Å². The third kappa shape index (κ3) is 4.37. The maximum atomic E-state index is 13.3. The molecule has 7 heteroatoms. The van der Waals surface area contributed by atoms with Crippen molar-refractivity contribution in [1.82, 2.24) is 20.2 Å². The molecule has 2 N–H and O–H groups in total. The minimum Gasteiger partial charge on any atom is -0.348 e. The Morgan fingerprint density at radius 3 is 2.32 bits per heavy atom. The molecule has 1 aliphatic rings. The highest BCUT2D eigenvalue weighted by Gasteiger charge is 2.31. The Labute approximate surface area is 198 Å². The van der Waals surface area contributed by atoms with E-state index in [2.05, 4.69) is 15.6 Å². The number of carbonyl (C=O) groups is 2. The summed E-state index contributed by atoms with van der Waals surface area (Å²) in [7, 11) is 0. The Hall–Kier alpha value is -4.13. The van der Waals surface area contributed by atoms with Crippen molar-refractivity contribution in [2.24, 2.45) is 0 Å². The summed E-state index contributed by atoms with van der Waals surface area (Å²) in [6.07, 6.45) is 0.393. The number of imidazole rings is 1. The van der Waals surface area contributed by atoms with Gasteiger partial charge in [0.05, 0.1) is 17.1 Å². The summed E-state index contributed by atoms with van der Waals surface area (Å²) in [5.41, 5.74) is 3.84. The fourth-order valence-corrected chi connectivity index (χ4v) is 4.41. The largest absolute Gasteiger partial charge is 0.348 e. The van der Waals surface area contributed by atoms with Gasteiger partial charge in [-0.3, -0.25) is 9.69 Å². The van der Waals surface area contributed by atoms with E-state index in [1.54, 1.807) is 4.90 Å². The molecule has 4 aromatic rings. The Balaban J connectivity index is 1.35. The highest BCUT2D eigenvalue weighted by Crippen LogP contribution is 2.27. The second kappa shape index (κ2) is 9.39. The van der Waals surface area contributed by atoms with Gasteiger partial charge in [0.2, 0.25) is 11.9 Å². The second-order valence-electron chi connectivity index (χ2n) is 8.54. The number of hydrogen-bond donors (Lipinski definition) is 2. The molecule has 7 nitrogen and oxygen atoms in total. The van der Waals surface area contributed by atoms with Crippen molar-refractivity contribution in [3.8, 4) is 0 Å². The summed E-state index contributed by atoms with van der Waals surface area (Å²) in [5, 5.41) is 6.03. The van der Waals surface area contributed by atoms with E-state index >= 15 is 0 Å². The number of para-hydroxylation sites is 2. The number of carbonyl (C=O) groups excluding carboxylic acids is 2. The fraction of sp³-hybridized carbons (Fsp3) is 0.222. The molecular weight excluding hydrogens is 426 g/mol. The Kier molecular flexibility index (Phi) is 5.99. The van der Waals surface area contributed by atoms with Crippen LogP contribution in [0.1, 0.15) is 24.1 Å². The van der Waals surface area contributed by atoms with E-state index in [1.165, 1.54) is 0 Å². The predicted octanol–water partition coefficient (Wildman–Crippen LogP) is 4.05. The number of urea groups is 1. The number of rotatable bonds is 6. The maximum absolute atomic E-state index is 13.3. The molecule has 0 spiro atoms. The van der Waals surface area contributed by atoms with E-state index in [9.17, 15) is 9.59 Å². The number of nitrogens with zero attached hydrogens (tertiary/aromatic N) is 3. The number of amides is 3. The monoisotopic (exact) mass is 453 g/mol. The lowest BCUT2D eigenvalue weighted by Crippen LogP contribution is -2.52. The summed E-state index contributed by atoms with van der Waals surface area (Å²) in [4.78, 5) is 32.9. The standard InChI is InChI=1S/C27H27N5O2/c1-19(21-12-6-3-7-13-21)28-25(33)23(18-20-10-4-2-5-11-20)30-27(34)32-17-16-31-24-15-9-8-14-22(24)29-26(31)32/h2-15,19,23H,16-18H2,1H3,(H,28,33)(H,30,34)/t19-,23-/m0/s1.